The van der Waals surface area contributed by atoms with E-state index in [4.69, 9.17) is 24.5 Å². The molecule has 0 aliphatic carbocycles. The van der Waals surface area contributed by atoms with Crippen LogP contribution in [0.15, 0.2) is 41.4 Å². The first-order valence-electron chi connectivity index (χ1n) is 11.1. The molecule has 1 aromatic heterocycles. The van der Waals surface area contributed by atoms with Crippen LogP contribution in [0.3, 0.4) is 0 Å². The van der Waals surface area contributed by atoms with Gasteiger partial charge < -0.3 is 24.7 Å². The number of carboxylic acid groups (broad SMARTS) is 2. The van der Waals surface area contributed by atoms with Crippen LogP contribution in [-0.4, -0.2) is 91.9 Å². The van der Waals surface area contributed by atoms with Crippen molar-refractivity contribution in [2.45, 2.75) is 30.3 Å². The number of aliphatic carboxylic acids is 2. The van der Waals surface area contributed by atoms with Gasteiger partial charge in [0.05, 0.1) is 17.8 Å². The molecule has 1 atom stereocenters. The lowest BCUT2D eigenvalue weighted by Gasteiger charge is -2.22. The van der Waals surface area contributed by atoms with E-state index in [9.17, 15) is 4.79 Å². The van der Waals surface area contributed by atoms with E-state index in [1.165, 1.54) is 22.9 Å². The van der Waals surface area contributed by atoms with Crippen molar-refractivity contribution in [3.8, 4) is 0 Å². The lowest BCUT2D eigenvalue weighted by atomic mass is 10.1. The van der Waals surface area contributed by atoms with E-state index in [1.807, 2.05) is 23.1 Å². The number of ether oxygens (including phenoxy) is 1. The molecule has 3 heterocycles. The van der Waals surface area contributed by atoms with Crippen LogP contribution in [0.5, 0.6) is 0 Å². The Morgan fingerprint density at radius 2 is 1.94 bits per heavy atom. The molecule has 0 spiro atoms. The van der Waals surface area contributed by atoms with E-state index in [0.717, 1.165) is 48.8 Å². The van der Waals surface area contributed by atoms with E-state index >= 15 is 0 Å². The second-order valence-corrected chi connectivity index (χ2v) is 9.71. The highest BCUT2D eigenvalue weighted by Crippen LogP contribution is 2.29. The first kappa shape index (κ1) is 26.6. The van der Waals surface area contributed by atoms with Crippen molar-refractivity contribution < 1.29 is 29.3 Å². The van der Waals surface area contributed by atoms with Crippen LogP contribution in [0.1, 0.15) is 24.1 Å². The minimum Gasteiger partial charge on any atom is -0.473 e. The third-order valence-electron chi connectivity index (χ3n) is 5.46. The molecule has 1 amide bonds. The Morgan fingerprint density at radius 3 is 2.63 bits per heavy atom. The van der Waals surface area contributed by atoms with Crippen LogP contribution in [0.25, 0.3) is 5.57 Å². The Bertz CT molecular complexity index is 1030. The molecule has 4 rings (SSSR count). The average Bonchev–Trinajstić information content (AvgIpc) is 3.44. The third-order valence-corrected chi connectivity index (χ3v) is 7.15. The van der Waals surface area contributed by atoms with Gasteiger partial charge in [-0.1, -0.05) is 36.4 Å². The highest BCUT2D eigenvalue weighted by molar-refractivity contribution is 7.99. The summed E-state index contributed by atoms with van der Waals surface area (Å²) in [6, 6.07) is 10.4. The van der Waals surface area contributed by atoms with Gasteiger partial charge in [-0.25, -0.2) is 14.4 Å². The fraction of sp³-hybridized carbons (Fsp3) is 0.435. The standard InChI is InChI=1S/C21H26N4O2S2.C2H2O4/c1-24-10-5-9-17(14-24)19-20(23-29-22-19)28-12-6-11-25-18(15-27-21(25)26)13-16-7-3-2-4-8-16;3-1(4)2(5)6/h2-4,7-9,18H,5-6,10-15H2,1H3;(H,3,4)(H,5,6)/t18-;/m1./s1. The van der Waals surface area contributed by atoms with Crippen molar-refractivity contribution in [2.24, 2.45) is 0 Å². The summed E-state index contributed by atoms with van der Waals surface area (Å²) in [6.45, 7) is 3.21. The number of hydrogen-bond donors (Lipinski definition) is 2. The molecule has 2 aliphatic heterocycles. The lowest BCUT2D eigenvalue weighted by molar-refractivity contribution is -0.159. The number of aromatic nitrogens is 2. The van der Waals surface area contributed by atoms with Gasteiger partial charge in [-0.2, -0.15) is 8.75 Å². The molecular weight excluding hydrogens is 492 g/mol. The molecule has 35 heavy (non-hydrogen) atoms. The van der Waals surface area contributed by atoms with Gasteiger partial charge in [-0.05, 0) is 37.4 Å². The van der Waals surface area contributed by atoms with Gasteiger partial charge in [-0.15, -0.1) is 11.8 Å². The Hall–Kier alpha value is -2.96. The number of benzene rings is 1. The molecule has 188 valence electrons. The zero-order valence-corrected chi connectivity index (χ0v) is 21.0. The van der Waals surface area contributed by atoms with Gasteiger partial charge in [0, 0.05) is 25.4 Å². The molecule has 0 saturated carbocycles. The molecule has 2 aliphatic rings. The van der Waals surface area contributed by atoms with Gasteiger partial charge in [0.2, 0.25) is 0 Å². The van der Waals surface area contributed by atoms with Crippen molar-refractivity contribution in [2.75, 3.05) is 39.0 Å². The summed E-state index contributed by atoms with van der Waals surface area (Å²) in [5, 5.41) is 15.8. The maximum Gasteiger partial charge on any atom is 0.414 e. The Kier molecular flexibility index (Phi) is 10.1. The summed E-state index contributed by atoms with van der Waals surface area (Å²) in [5.74, 6) is -2.74. The van der Waals surface area contributed by atoms with E-state index in [2.05, 4.69) is 38.9 Å². The number of cyclic esters (lactones) is 1. The topological polar surface area (TPSA) is 133 Å². The van der Waals surface area contributed by atoms with Gasteiger partial charge >= 0.3 is 18.0 Å². The van der Waals surface area contributed by atoms with E-state index < -0.39 is 11.9 Å². The van der Waals surface area contributed by atoms with Crippen molar-refractivity contribution in [1.29, 1.82) is 0 Å². The van der Waals surface area contributed by atoms with Crippen molar-refractivity contribution in [3.05, 3.63) is 47.7 Å². The Balaban J connectivity index is 0.000000509. The fourth-order valence-corrected chi connectivity index (χ4v) is 5.39. The monoisotopic (exact) mass is 520 g/mol. The number of rotatable bonds is 8. The van der Waals surface area contributed by atoms with E-state index in [-0.39, 0.29) is 12.1 Å². The van der Waals surface area contributed by atoms with E-state index in [0.29, 0.717) is 13.2 Å². The molecule has 2 aromatic rings. The average molecular weight is 521 g/mol. The molecule has 10 nitrogen and oxygen atoms in total. The molecule has 1 saturated heterocycles. The normalized spacial score (nSPS) is 17.9. The van der Waals surface area contributed by atoms with Crippen LogP contribution in [0.4, 0.5) is 4.79 Å². The molecule has 12 heteroatoms. The summed E-state index contributed by atoms with van der Waals surface area (Å²) < 4.78 is 14.3. The number of nitrogens with zero attached hydrogens (tertiary/aromatic N) is 4. The molecule has 0 radical (unpaired) electrons. The molecule has 0 bridgehead atoms. The zero-order valence-electron chi connectivity index (χ0n) is 19.3. The molecule has 2 N–H and O–H groups in total. The first-order valence-corrected chi connectivity index (χ1v) is 12.8. The summed E-state index contributed by atoms with van der Waals surface area (Å²) in [4.78, 5) is 34.5. The van der Waals surface area contributed by atoms with Crippen LogP contribution >= 0.6 is 23.5 Å². The molecule has 1 fully saturated rings. The molecule has 1 aromatic carbocycles. The van der Waals surface area contributed by atoms with Crippen LogP contribution in [-0.2, 0) is 20.7 Å². The Labute approximate surface area is 211 Å². The largest absolute Gasteiger partial charge is 0.473 e. The van der Waals surface area contributed by atoms with Crippen molar-refractivity contribution >= 4 is 47.1 Å². The highest BCUT2D eigenvalue weighted by atomic mass is 32.2. The minimum atomic E-state index is -1.82. The van der Waals surface area contributed by atoms with Crippen LogP contribution < -0.4 is 0 Å². The number of carbonyl (C=O) groups excluding carboxylic acids is 1. The molecular formula is C23H28N4O6S2. The van der Waals surface area contributed by atoms with Gasteiger partial charge in [0.1, 0.15) is 17.3 Å². The number of carbonyl (C=O) groups is 3. The fourth-order valence-electron chi connectivity index (χ4n) is 3.76. The predicted octanol–water partition coefficient (Wildman–Crippen LogP) is 2.96. The zero-order chi connectivity index (χ0) is 25.2. The van der Waals surface area contributed by atoms with Crippen LogP contribution in [0, 0.1) is 0 Å². The van der Waals surface area contributed by atoms with E-state index in [1.54, 1.807) is 11.8 Å². The summed E-state index contributed by atoms with van der Waals surface area (Å²) >= 11 is 3.02. The molecule has 0 unspecified atom stereocenters. The number of hydrogen-bond acceptors (Lipinski definition) is 9. The number of amides is 1. The maximum atomic E-state index is 12.2. The minimum absolute atomic E-state index is 0.120. The van der Waals surface area contributed by atoms with Gasteiger partial charge in [-0.3, -0.25) is 0 Å². The number of carboxylic acids is 2. The predicted molar refractivity (Wildman–Crippen MR) is 133 cm³/mol. The van der Waals surface area contributed by atoms with Gasteiger partial charge in [0.25, 0.3) is 0 Å². The highest BCUT2D eigenvalue weighted by Gasteiger charge is 2.32. The number of likely N-dealkylation sites (N-methyl/N-ethyl adjacent to an activating group) is 1. The summed E-state index contributed by atoms with van der Waals surface area (Å²) in [6.07, 6.45) is 4.90. The quantitative estimate of drug-likeness (QED) is 0.304. The summed E-state index contributed by atoms with van der Waals surface area (Å²) in [5.41, 5.74) is 3.55. The third kappa shape index (κ3) is 8.05. The maximum absolute atomic E-state index is 12.2. The second kappa shape index (κ2) is 13.2. The summed E-state index contributed by atoms with van der Waals surface area (Å²) in [7, 11) is 2.14. The van der Waals surface area contributed by atoms with Crippen molar-refractivity contribution in [3.63, 3.8) is 0 Å². The van der Waals surface area contributed by atoms with Gasteiger partial charge in [0.15, 0.2) is 0 Å². The number of thioether (sulfide) groups is 1. The first-order chi connectivity index (χ1) is 16.8. The SMILES string of the molecule is CN1CCC=C(c2nsnc2SCCCN2C(=O)OC[C@H]2Cc2ccccc2)C1.O=C(O)C(=O)O. The van der Waals surface area contributed by atoms with Crippen molar-refractivity contribution in [1.82, 2.24) is 18.5 Å². The lowest BCUT2D eigenvalue weighted by Crippen LogP contribution is -2.36. The van der Waals surface area contributed by atoms with Crippen LogP contribution in [0.2, 0.25) is 0 Å². The smallest absolute Gasteiger partial charge is 0.414 e. The second-order valence-electron chi connectivity index (χ2n) is 8.10. The Morgan fingerprint density at radius 1 is 1.20 bits per heavy atom.